The van der Waals surface area contributed by atoms with Gasteiger partial charge in [0, 0.05) is 24.7 Å². The van der Waals surface area contributed by atoms with E-state index in [1.54, 1.807) is 18.2 Å². The Morgan fingerprint density at radius 3 is 2.20 bits per heavy atom. The van der Waals surface area contributed by atoms with Crippen molar-refractivity contribution in [1.29, 1.82) is 0 Å². The zero-order valence-electron chi connectivity index (χ0n) is 20.9. The maximum absolute atomic E-state index is 12.2. The number of hydrogen-bond acceptors (Lipinski definition) is 5. The van der Waals surface area contributed by atoms with E-state index in [9.17, 15) is 4.79 Å². The van der Waals surface area contributed by atoms with Gasteiger partial charge in [0.25, 0.3) is 5.91 Å². The zero-order chi connectivity index (χ0) is 25.5. The van der Waals surface area contributed by atoms with Crippen molar-refractivity contribution in [1.82, 2.24) is 5.32 Å². The average molecular weight is 524 g/mol. The van der Waals surface area contributed by atoms with Gasteiger partial charge in [0.05, 0.1) is 16.7 Å². The fraction of sp³-hybridized carbons (Fsp3) is 0.481. The van der Waals surface area contributed by atoms with Gasteiger partial charge >= 0.3 is 0 Å². The highest BCUT2D eigenvalue weighted by atomic mass is 35.5. The lowest BCUT2D eigenvalue weighted by molar-refractivity contribution is -0.114. The first kappa shape index (κ1) is 28.8. The van der Waals surface area contributed by atoms with Crippen LogP contribution in [0.3, 0.4) is 0 Å². The minimum absolute atomic E-state index is 0.162. The minimum Gasteiger partial charge on any atom is -0.490 e. The summed E-state index contributed by atoms with van der Waals surface area (Å²) in [6.07, 6.45) is 9.83. The van der Waals surface area contributed by atoms with Crippen LogP contribution in [0.1, 0.15) is 69.4 Å². The SMILES string of the molecule is CCCCCCCCCCOc1c(Cl)cc(OCc2ccccc2/C(=N\OC)C(=O)NC)cc1Cl. The van der Waals surface area contributed by atoms with E-state index < -0.39 is 0 Å². The largest absolute Gasteiger partial charge is 0.490 e. The van der Waals surface area contributed by atoms with Gasteiger partial charge < -0.3 is 19.6 Å². The Labute approximate surface area is 218 Å². The van der Waals surface area contributed by atoms with Gasteiger partial charge in [-0.15, -0.1) is 0 Å². The third-order valence-electron chi connectivity index (χ3n) is 5.51. The van der Waals surface area contributed by atoms with Crippen LogP contribution < -0.4 is 14.8 Å². The summed E-state index contributed by atoms with van der Waals surface area (Å²) in [6, 6.07) is 10.7. The molecule has 0 aliphatic rings. The number of likely N-dealkylation sites (N-methyl/N-ethyl adjacent to an activating group) is 1. The molecule has 0 spiro atoms. The summed E-state index contributed by atoms with van der Waals surface area (Å²) in [5.74, 6) is 0.612. The molecule has 0 aromatic heterocycles. The summed E-state index contributed by atoms with van der Waals surface area (Å²) in [4.78, 5) is 17.1. The molecule has 8 heteroatoms. The minimum atomic E-state index is -0.358. The number of benzene rings is 2. The van der Waals surface area contributed by atoms with E-state index in [4.69, 9.17) is 37.5 Å². The van der Waals surface area contributed by atoms with E-state index in [1.165, 1.54) is 52.7 Å². The molecular formula is C27H36Cl2N2O4. The Kier molecular flexibility index (Phi) is 13.4. The van der Waals surface area contributed by atoms with Crippen LogP contribution in [0.5, 0.6) is 11.5 Å². The van der Waals surface area contributed by atoms with Gasteiger partial charge in [0.1, 0.15) is 19.5 Å². The van der Waals surface area contributed by atoms with Crippen LogP contribution in [-0.2, 0) is 16.2 Å². The number of nitrogens with one attached hydrogen (secondary N) is 1. The van der Waals surface area contributed by atoms with Gasteiger partial charge in [-0.2, -0.15) is 0 Å². The molecule has 0 fully saturated rings. The molecule has 0 bridgehead atoms. The average Bonchev–Trinajstić information content (AvgIpc) is 2.86. The fourth-order valence-electron chi connectivity index (χ4n) is 3.63. The highest BCUT2D eigenvalue weighted by Crippen LogP contribution is 2.37. The van der Waals surface area contributed by atoms with Gasteiger partial charge in [0.15, 0.2) is 11.5 Å². The van der Waals surface area contributed by atoms with E-state index >= 15 is 0 Å². The lowest BCUT2D eigenvalue weighted by Crippen LogP contribution is -2.29. The van der Waals surface area contributed by atoms with Crippen molar-refractivity contribution in [3.05, 3.63) is 57.6 Å². The lowest BCUT2D eigenvalue weighted by Gasteiger charge is -2.14. The summed E-state index contributed by atoms with van der Waals surface area (Å²) < 4.78 is 11.8. The molecule has 0 atom stereocenters. The topological polar surface area (TPSA) is 69.1 Å². The van der Waals surface area contributed by atoms with E-state index in [0.29, 0.717) is 33.7 Å². The number of carbonyl (C=O) groups is 1. The summed E-state index contributed by atoms with van der Waals surface area (Å²) in [6.45, 7) is 2.99. The number of oxime groups is 1. The smallest absolute Gasteiger partial charge is 0.273 e. The van der Waals surface area contributed by atoms with Crippen molar-refractivity contribution in [3.8, 4) is 11.5 Å². The molecule has 2 aromatic carbocycles. The molecule has 2 aromatic rings. The summed E-state index contributed by atoms with van der Waals surface area (Å²) >= 11 is 12.9. The lowest BCUT2D eigenvalue weighted by atomic mass is 10.0. The van der Waals surface area contributed by atoms with Gasteiger partial charge in [-0.25, -0.2) is 0 Å². The monoisotopic (exact) mass is 522 g/mol. The summed E-state index contributed by atoms with van der Waals surface area (Å²) in [7, 11) is 2.93. The molecule has 0 aliphatic heterocycles. The van der Waals surface area contributed by atoms with E-state index in [0.717, 1.165) is 18.4 Å². The van der Waals surface area contributed by atoms with Crippen LogP contribution in [-0.4, -0.2) is 32.4 Å². The first-order valence-electron chi connectivity index (χ1n) is 12.2. The fourth-order valence-corrected chi connectivity index (χ4v) is 4.21. The molecule has 0 saturated heterocycles. The second-order valence-corrected chi connectivity index (χ2v) is 9.00. The molecule has 0 unspecified atom stereocenters. The summed E-state index contributed by atoms with van der Waals surface area (Å²) in [5, 5.41) is 7.24. The molecule has 192 valence electrons. The number of amides is 1. The van der Waals surface area contributed by atoms with Gasteiger partial charge in [-0.05, 0) is 12.0 Å². The van der Waals surface area contributed by atoms with Gasteiger partial charge in [-0.3, -0.25) is 4.79 Å². The second-order valence-electron chi connectivity index (χ2n) is 8.19. The normalized spacial score (nSPS) is 11.3. The van der Waals surface area contributed by atoms with Crippen molar-refractivity contribution in [2.75, 3.05) is 20.8 Å². The second kappa shape index (κ2) is 16.3. The highest BCUT2D eigenvalue weighted by Gasteiger charge is 2.18. The molecular weight excluding hydrogens is 487 g/mol. The van der Waals surface area contributed by atoms with Crippen molar-refractivity contribution >= 4 is 34.8 Å². The summed E-state index contributed by atoms with van der Waals surface area (Å²) in [5.41, 5.74) is 1.53. The predicted molar refractivity (Wildman–Crippen MR) is 143 cm³/mol. The maximum Gasteiger partial charge on any atom is 0.273 e. The Bertz CT molecular complexity index is 943. The van der Waals surface area contributed by atoms with E-state index in [1.807, 2.05) is 18.2 Å². The molecule has 2 rings (SSSR count). The predicted octanol–water partition coefficient (Wildman–Crippen LogP) is 7.19. The molecule has 0 heterocycles. The zero-order valence-corrected chi connectivity index (χ0v) is 22.4. The third-order valence-corrected chi connectivity index (χ3v) is 6.07. The first-order chi connectivity index (χ1) is 17.0. The number of halogens is 2. The maximum atomic E-state index is 12.2. The van der Waals surface area contributed by atoms with Crippen LogP contribution >= 0.6 is 23.2 Å². The quantitative estimate of drug-likeness (QED) is 0.144. The Morgan fingerprint density at radius 2 is 1.57 bits per heavy atom. The van der Waals surface area contributed by atoms with Crippen molar-refractivity contribution < 1.29 is 19.1 Å². The highest BCUT2D eigenvalue weighted by molar-refractivity contribution is 6.45. The Balaban J connectivity index is 1.94. The molecule has 35 heavy (non-hydrogen) atoms. The van der Waals surface area contributed by atoms with Crippen LogP contribution in [0.25, 0.3) is 0 Å². The molecule has 1 N–H and O–H groups in total. The number of ether oxygens (including phenoxy) is 2. The van der Waals surface area contributed by atoms with Crippen LogP contribution in [0.15, 0.2) is 41.6 Å². The number of hydrogen-bond donors (Lipinski definition) is 1. The van der Waals surface area contributed by atoms with Crippen molar-refractivity contribution in [2.45, 2.75) is 64.9 Å². The van der Waals surface area contributed by atoms with Crippen molar-refractivity contribution in [3.63, 3.8) is 0 Å². The molecule has 6 nitrogen and oxygen atoms in total. The molecule has 1 amide bonds. The third kappa shape index (κ3) is 9.61. The van der Waals surface area contributed by atoms with Crippen LogP contribution in [0.4, 0.5) is 0 Å². The number of carbonyl (C=O) groups excluding carboxylic acids is 1. The van der Waals surface area contributed by atoms with Gasteiger partial charge in [0.2, 0.25) is 0 Å². The Hall–Kier alpha value is -2.44. The number of rotatable bonds is 16. The van der Waals surface area contributed by atoms with Crippen LogP contribution in [0.2, 0.25) is 10.0 Å². The standard InChI is InChI=1S/C27H36Cl2N2O4/c1-4-5-6-7-8-9-10-13-16-34-26-23(28)17-21(18-24(26)29)35-19-20-14-11-12-15-22(20)25(31-33-3)27(32)30-2/h11-12,14-15,17-18H,4-10,13,16,19H2,1-3H3,(H,30,32)/b31-25+. The molecule has 0 radical (unpaired) electrons. The number of nitrogens with zero attached hydrogens (tertiary/aromatic N) is 1. The molecule has 0 aliphatic carbocycles. The van der Waals surface area contributed by atoms with E-state index in [2.05, 4.69) is 17.4 Å². The Morgan fingerprint density at radius 1 is 0.943 bits per heavy atom. The van der Waals surface area contributed by atoms with Crippen LogP contribution in [0, 0.1) is 0 Å². The van der Waals surface area contributed by atoms with E-state index in [-0.39, 0.29) is 18.2 Å². The van der Waals surface area contributed by atoms with Gasteiger partial charge in [-0.1, -0.05) is 104 Å². The van der Waals surface area contributed by atoms with Crippen molar-refractivity contribution in [2.24, 2.45) is 5.16 Å². The first-order valence-corrected chi connectivity index (χ1v) is 12.9. The molecule has 0 saturated carbocycles. The number of unbranched alkanes of at least 4 members (excludes halogenated alkanes) is 7.